The second-order valence-corrected chi connectivity index (χ2v) is 8.55. The van der Waals surface area contributed by atoms with E-state index in [0.29, 0.717) is 31.5 Å². The lowest BCUT2D eigenvalue weighted by Crippen LogP contribution is -2.44. The molecule has 3 aromatic rings. The molecule has 0 aliphatic heterocycles. The Kier molecular flexibility index (Phi) is 11.0. The molecule has 0 radical (unpaired) electrons. The van der Waals surface area contributed by atoms with E-state index in [-0.39, 0.29) is 19.1 Å². The Hall–Kier alpha value is -4.33. The molecule has 8 nitrogen and oxygen atoms in total. The van der Waals surface area contributed by atoms with E-state index in [4.69, 9.17) is 9.47 Å². The van der Waals surface area contributed by atoms with Crippen LogP contribution in [0.3, 0.4) is 0 Å². The predicted molar refractivity (Wildman–Crippen MR) is 142 cm³/mol. The Balaban J connectivity index is 1.46. The number of para-hydroxylation sites is 1. The number of alkyl carbamates (subject to hydrolysis) is 2. The van der Waals surface area contributed by atoms with Gasteiger partial charge in [-0.3, -0.25) is 4.79 Å². The quantitative estimate of drug-likeness (QED) is 0.290. The van der Waals surface area contributed by atoms with E-state index < -0.39 is 18.2 Å². The number of nitrogens with one attached hydrogen (secondary N) is 3. The van der Waals surface area contributed by atoms with Crippen LogP contribution in [0.4, 0.5) is 15.3 Å². The van der Waals surface area contributed by atoms with Crippen LogP contribution >= 0.6 is 0 Å². The number of rotatable bonds is 12. The van der Waals surface area contributed by atoms with Gasteiger partial charge in [-0.15, -0.1) is 0 Å². The summed E-state index contributed by atoms with van der Waals surface area (Å²) in [6.07, 6.45) is 0.398. The van der Waals surface area contributed by atoms with Gasteiger partial charge < -0.3 is 25.4 Å². The standard InChI is InChI=1S/C29H33N3O5/c1-22-12-8-9-17-25(22)31-27(33)26(32-29(35)37-21-24-15-6-3-7-16-24)18-10-11-19-30-28(34)36-20-23-13-4-2-5-14-23/h2-9,12-17,26H,10-11,18-21H2,1H3,(H,30,34)(H,31,33)(H,32,35)/t26-/m0/s1. The van der Waals surface area contributed by atoms with Crippen molar-refractivity contribution in [3.05, 3.63) is 102 Å². The third-order valence-corrected chi connectivity index (χ3v) is 5.63. The molecule has 194 valence electrons. The number of anilines is 1. The Morgan fingerprint density at radius 3 is 1.92 bits per heavy atom. The Morgan fingerprint density at radius 1 is 0.730 bits per heavy atom. The maximum absolute atomic E-state index is 13.0. The summed E-state index contributed by atoms with van der Waals surface area (Å²) in [4.78, 5) is 37.3. The van der Waals surface area contributed by atoms with Crippen LogP contribution in [0.5, 0.6) is 0 Å². The highest BCUT2D eigenvalue weighted by Gasteiger charge is 2.22. The van der Waals surface area contributed by atoms with Crippen molar-refractivity contribution in [2.75, 3.05) is 11.9 Å². The smallest absolute Gasteiger partial charge is 0.408 e. The highest BCUT2D eigenvalue weighted by Crippen LogP contribution is 2.14. The summed E-state index contributed by atoms with van der Waals surface area (Å²) in [6, 6.07) is 25.4. The zero-order chi connectivity index (χ0) is 26.3. The van der Waals surface area contributed by atoms with Crippen LogP contribution in [0.1, 0.15) is 36.0 Å². The number of aryl methyl sites for hydroxylation is 1. The van der Waals surface area contributed by atoms with Gasteiger partial charge in [0.2, 0.25) is 5.91 Å². The van der Waals surface area contributed by atoms with E-state index >= 15 is 0 Å². The van der Waals surface area contributed by atoms with Crippen molar-refractivity contribution in [1.82, 2.24) is 10.6 Å². The summed E-state index contributed by atoms with van der Waals surface area (Å²) >= 11 is 0. The molecule has 0 saturated heterocycles. The molecule has 0 aliphatic rings. The summed E-state index contributed by atoms with van der Waals surface area (Å²) < 4.78 is 10.5. The molecule has 0 heterocycles. The largest absolute Gasteiger partial charge is 0.445 e. The third-order valence-electron chi connectivity index (χ3n) is 5.63. The average molecular weight is 504 g/mol. The zero-order valence-corrected chi connectivity index (χ0v) is 20.9. The van der Waals surface area contributed by atoms with Crippen molar-refractivity contribution < 1.29 is 23.9 Å². The Labute approximate surface area is 217 Å². The number of benzene rings is 3. The SMILES string of the molecule is Cc1ccccc1NC(=O)[C@H](CCCCNC(=O)OCc1ccccc1)NC(=O)OCc1ccccc1. The van der Waals surface area contributed by atoms with E-state index in [0.717, 1.165) is 16.7 Å². The molecule has 0 saturated carbocycles. The Bertz CT molecular complexity index is 1140. The minimum absolute atomic E-state index is 0.105. The molecular weight excluding hydrogens is 470 g/mol. The lowest BCUT2D eigenvalue weighted by molar-refractivity contribution is -0.118. The second-order valence-electron chi connectivity index (χ2n) is 8.55. The van der Waals surface area contributed by atoms with Gasteiger partial charge in [0, 0.05) is 12.2 Å². The fourth-order valence-corrected chi connectivity index (χ4v) is 3.55. The van der Waals surface area contributed by atoms with Crippen LogP contribution in [-0.2, 0) is 27.5 Å². The summed E-state index contributed by atoms with van der Waals surface area (Å²) in [5.74, 6) is -0.332. The normalized spacial score (nSPS) is 11.2. The first-order valence-electron chi connectivity index (χ1n) is 12.3. The molecule has 3 aromatic carbocycles. The van der Waals surface area contributed by atoms with Crippen molar-refractivity contribution >= 4 is 23.8 Å². The van der Waals surface area contributed by atoms with Crippen molar-refractivity contribution in [1.29, 1.82) is 0 Å². The fourth-order valence-electron chi connectivity index (χ4n) is 3.55. The van der Waals surface area contributed by atoms with Gasteiger partial charge >= 0.3 is 12.2 Å². The van der Waals surface area contributed by atoms with Crippen LogP contribution in [0.15, 0.2) is 84.9 Å². The van der Waals surface area contributed by atoms with Gasteiger partial charge in [0.25, 0.3) is 0 Å². The molecule has 3 N–H and O–H groups in total. The molecule has 8 heteroatoms. The molecule has 0 aliphatic carbocycles. The number of carbonyl (C=O) groups is 3. The molecule has 3 rings (SSSR count). The van der Waals surface area contributed by atoms with Gasteiger partial charge in [0.05, 0.1) is 0 Å². The molecule has 37 heavy (non-hydrogen) atoms. The second kappa shape index (κ2) is 14.9. The van der Waals surface area contributed by atoms with Gasteiger partial charge in [-0.25, -0.2) is 9.59 Å². The van der Waals surface area contributed by atoms with Crippen LogP contribution in [0, 0.1) is 6.92 Å². The van der Waals surface area contributed by atoms with Crippen molar-refractivity contribution in [2.45, 2.75) is 45.4 Å². The zero-order valence-electron chi connectivity index (χ0n) is 20.9. The maximum Gasteiger partial charge on any atom is 0.408 e. The molecule has 3 amide bonds. The van der Waals surface area contributed by atoms with Gasteiger partial charge in [0.15, 0.2) is 0 Å². The van der Waals surface area contributed by atoms with E-state index in [9.17, 15) is 14.4 Å². The van der Waals surface area contributed by atoms with Crippen LogP contribution in [-0.4, -0.2) is 30.7 Å². The van der Waals surface area contributed by atoms with E-state index in [2.05, 4.69) is 16.0 Å². The van der Waals surface area contributed by atoms with Gasteiger partial charge in [-0.1, -0.05) is 78.9 Å². The van der Waals surface area contributed by atoms with Gasteiger partial charge in [-0.05, 0) is 48.9 Å². The molecule has 0 unspecified atom stereocenters. The Morgan fingerprint density at radius 2 is 1.30 bits per heavy atom. The summed E-state index contributed by atoms with van der Waals surface area (Å²) in [6.45, 7) is 2.59. The van der Waals surface area contributed by atoms with Crippen molar-refractivity contribution in [3.8, 4) is 0 Å². The van der Waals surface area contributed by atoms with Crippen molar-refractivity contribution in [3.63, 3.8) is 0 Å². The first-order valence-corrected chi connectivity index (χ1v) is 12.3. The molecule has 0 aromatic heterocycles. The number of unbranched alkanes of at least 4 members (excludes halogenated alkanes) is 1. The topological polar surface area (TPSA) is 106 Å². The number of hydrogen-bond donors (Lipinski definition) is 3. The van der Waals surface area contributed by atoms with E-state index in [1.54, 1.807) is 0 Å². The number of hydrogen-bond acceptors (Lipinski definition) is 5. The van der Waals surface area contributed by atoms with Crippen LogP contribution < -0.4 is 16.0 Å². The molecule has 0 spiro atoms. The van der Waals surface area contributed by atoms with E-state index in [1.807, 2.05) is 91.9 Å². The summed E-state index contributed by atoms with van der Waals surface area (Å²) in [5, 5.41) is 8.27. The molecular formula is C29H33N3O5. The summed E-state index contributed by atoms with van der Waals surface area (Å²) in [7, 11) is 0. The summed E-state index contributed by atoms with van der Waals surface area (Å²) in [5.41, 5.74) is 3.36. The molecule has 1 atom stereocenters. The minimum Gasteiger partial charge on any atom is -0.445 e. The average Bonchev–Trinajstić information content (AvgIpc) is 2.92. The van der Waals surface area contributed by atoms with Crippen LogP contribution in [0.2, 0.25) is 0 Å². The lowest BCUT2D eigenvalue weighted by Gasteiger charge is -2.19. The van der Waals surface area contributed by atoms with Crippen molar-refractivity contribution in [2.24, 2.45) is 0 Å². The highest BCUT2D eigenvalue weighted by atomic mass is 16.6. The number of carbonyl (C=O) groups excluding carboxylic acids is 3. The molecule has 0 bridgehead atoms. The maximum atomic E-state index is 13.0. The highest BCUT2D eigenvalue weighted by molar-refractivity contribution is 5.97. The third kappa shape index (κ3) is 10.0. The van der Waals surface area contributed by atoms with Gasteiger partial charge in [-0.2, -0.15) is 0 Å². The predicted octanol–water partition coefficient (Wildman–Crippen LogP) is 5.33. The minimum atomic E-state index is -0.798. The lowest BCUT2D eigenvalue weighted by atomic mass is 10.1. The van der Waals surface area contributed by atoms with E-state index in [1.165, 1.54) is 0 Å². The van der Waals surface area contributed by atoms with Crippen LogP contribution in [0.25, 0.3) is 0 Å². The van der Waals surface area contributed by atoms with Gasteiger partial charge in [0.1, 0.15) is 19.3 Å². The molecule has 0 fully saturated rings. The number of ether oxygens (including phenoxy) is 2. The first kappa shape index (κ1) is 27.3. The monoisotopic (exact) mass is 503 g/mol. The number of amides is 3. The fraction of sp³-hybridized carbons (Fsp3) is 0.276. The first-order chi connectivity index (χ1) is 18.0.